The summed E-state index contributed by atoms with van der Waals surface area (Å²) < 4.78 is 2.32. The van der Waals surface area contributed by atoms with Gasteiger partial charge in [0.2, 0.25) is 0 Å². The number of nitrogens with one attached hydrogen (secondary N) is 1. The third kappa shape index (κ3) is 6.44. The Morgan fingerprint density at radius 1 is 1.02 bits per heavy atom. The van der Waals surface area contributed by atoms with Crippen LogP contribution in [-0.2, 0) is 19.5 Å². The molecule has 1 aliphatic carbocycles. The summed E-state index contributed by atoms with van der Waals surface area (Å²) in [4.78, 5) is 41.0. The van der Waals surface area contributed by atoms with Gasteiger partial charge >= 0.3 is 12.2 Å². The van der Waals surface area contributed by atoms with Crippen LogP contribution < -0.4 is 5.32 Å². The topological polar surface area (TPSA) is 127 Å². The number of carbonyl (C=O) groups is 2. The van der Waals surface area contributed by atoms with Crippen molar-refractivity contribution in [3.63, 3.8) is 0 Å². The minimum atomic E-state index is -1.50. The van der Waals surface area contributed by atoms with Crippen LogP contribution in [0.2, 0.25) is 0 Å². The Hall–Kier alpha value is -3.70. The first-order valence-electron chi connectivity index (χ1n) is 16.5. The predicted molar refractivity (Wildman–Crippen MR) is 178 cm³/mol. The molecular formula is C35H51N7O4. The molecule has 3 atom stereocenters. The molecule has 5 rings (SSSR count). The first-order valence-corrected chi connectivity index (χ1v) is 16.5. The lowest BCUT2D eigenvalue weighted by Crippen LogP contribution is -2.80. The van der Waals surface area contributed by atoms with Crippen molar-refractivity contribution in [2.24, 2.45) is 11.3 Å². The van der Waals surface area contributed by atoms with Gasteiger partial charge in [-0.1, -0.05) is 39.0 Å². The smallest absolute Gasteiger partial charge is 0.410 e. The molecule has 1 unspecified atom stereocenters. The molecule has 0 radical (unpaired) electrons. The number of benzene rings is 1. The average Bonchev–Trinajstić information content (AvgIpc) is 3.31. The number of piperidine rings is 1. The van der Waals surface area contributed by atoms with E-state index in [0.29, 0.717) is 26.2 Å². The summed E-state index contributed by atoms with van der Waals surface area (Å²) in [6, 6.07) is 12.6. The maximum absolute atomic E-state index is 12.9. The van der Waals surface area contributed by atoms with Gasteiger partial charge < -0.3 is 14.8 Å². The van der Waals surface area contributed by atoms with Crippen LogP contribution in [0.5, 0.6) is 0 Å². The predicted octanol–water partition coefficient (Wildman–Crippen LogP) is 6.40. The number of aryl methyl sites for hydroxylation is 1. The molecule has 2 aromatic heterocycles. The number of hydrogen-bond donors (Lipinski definition) is 3. The van der Waals surface area contributed by atoms with Gasteiger partial charge in [0, 0.05) is 36.8 Å². The lowest BCUT2D eigenvalue weighted by molar-refractivity contribution is -0.172. The summed E-state index contributed by atoms with van der Waals surface area (Å²) in [5.41, 5.74) is 2.83. The van der Waals surface area contributed by atoms with E-state index in [1.807, 2.05) is 65.9 Å². The molecule has 1 aliphatic heterocycles. The molecule has 1 saturated heterocycles. The summed E-state index contributed by atoms with van der Waals surface area (Å²) in [7, 11) is 2.16. The van der Waals surface area contributed by atoms with Gasteiger partial charge in [-0.3, -0.25) is 25.0 Å². The van der Waals surface area contributed by atoms with Gasteiger partial charge in [0.1, 0.15) is 5.82 Å². The molecule has 2 amide bonds. The molecule has 250 valence electrons. The molecule has 3 heterocycles. The number of nitrogens with zero attached hydrogens (tertiary/aromatic N) is 6. The highest BCUT2D eigenvalue weighted by atomic mass is 16.4. The van der Waals surface area contributed by atoms with E-state index in [1.54, 1.807) is 0 Å². The normalized spacial score (nSPS) is 20.7. The summed E-state index contributed by atoms with van der Waals surface area (Å²) >= 11 is 0. The molecule has 3 aromatic rings. The SMILES string of the molecule is CN(Cc1nc2ccccc2n1C[C@H]1CCCN(C(NC(=O)O)(N(C(=O)O)C(C)(C)C)C(C)(C)C)C1)[C@@H]1CCCc2cccnc21. The van der Waals surface area contributed by atoms with E-state index in [1.165, 1.54) is 10.5 Å². The van der Waals surface area contributed by atoms with E-state index in [-0.39, 0.29) is 12.0 Å². The fourth-order valence-electron chi connectivity index (χ4n) is 7.90. The Morgan fingerprint density at radius 3 is 2.43 bits per heavy atom. The Bertz CT molecular complexity index is 1560. The van der Waals surface area contributed by atoms with E-state index in [4.69, 9.17) is 9.97 Å². The van der Waals surface area contributed by atoms with Crippen LogP contribution in [0.1, 0.15) is 90.3 Å². The molecule has 0 spiro atoms. The number of rotatable bonds is 8. The Labute approximate surface area is 272 Å². The van der Waals surface area contributed by atoms with Crippen LogP contribution in [0.4, 0.5) is 9.59 Å². The van der Waals surface area contributed by atoms with Gasteiger partial charge in [-0.25, -0.2) is 14.6 Å². The molecule has 3 N–H and O–H groups in total. The van der Waals surface area contributed by atoms with Crippen molar-refractivity contribution >= 4 is 23.2 Å². The number of para-hydroxylation sites is 2. The quantitative estimate of drug-likeness (QED) is 0.243. The Morgan fingerprint density at radius 2 is 1.76 bits per heavy atom. The zero-order valence-corrected chi connectivity index (χ0v) is 28.5. The van der Waals surface area contributed by atoms with Crippen molar-refractivity contribution in [2.45, 2.75) is 104 Å². The minimum Gasteiger partial charge on any atom is -0.465 e. The zero-order chi connectivity index (χ0) is 33.4. The number of likely N-dealkylation sites (tertiary alicyclic amines) is 1. The van der Waals surface area contributed by atoms with Gasteiger partial charge in [0.05, 0.1) is 29.3 Å². The van der Waals surface area contributed by atoms with Crippen LogP contribution in [0.3, 0.4) is 0 Å². The standard InChI is InChI=1S/C35H51N7O4/c1-33(2,3)35(38-31(43)44,42(32(45)46)34(4,5)6)40-20-12-13-24(21-40)22-41-27-17-9-8-16-26(27)37-29(41)23-39(7)28-18-10-14-25-15-11-19-36-30(25)28/h8-9,11,15-17,19,24,28,38H,10,12-14,18,20-23H2,1-7H3,(H,43,44)(H,45,46)/t24-,28+,35?/m0/s1. The summed E-state index contributed by atoms with van der Waals surface area (Å²) in [6.07, 6.45) is 4.46. The van der Waals surface area contributed by atoms with Gasteiger partial charge in [0.15, 0.2) is 5.79 Å². The molecule has 11 nitrogen and oxygen atoms in total. The van der Waals surface area contributed by atoms with Gasteiger partial charge in [-0.2, -0.15) is 0 Å². The van der Waals surface area contributed by atoms with Crippen molar-refractivity contribution in [3.8, 4) is 0 Å². The monoisotopic (exact) mass is 633 g/mol. The highest BCUT2D eigenvalue weighted by Crippen LogP contribution is 2.43. The highest BCUT2D eigenvalue weighted by Gasteiger charge is 2.58. The highest BCUT2D eigenvalue weighted by molar-refractivity contribution is 5.76. The number of carboxylic acid groups (broad SMARTS) is 2. The lowest BCUT2D eigenvalue weighted by Gasteiger charge is -2.60. The van der Waals surface area contributed by atoms with E-state index in [2.05, 4.69) is 44.9 Å². The van der Waals surface area contributed by atoms with Crippen LogP contribution in [0, 0.1) is 11.3 Å². The Balaban J connectivity index is 1.48. The summed E-state index contributed by atoms with van der Waals surface area (Å²) in [5, 5.41) is 23.5. The molecule has 2 aliphatic rings. The molecular weight excluding hydrogens is 582 g/mol. The second-order valence-corrected chi connectivity index (χ2v) is 15.1. The van der Waals surface area contributed by atoms with E-state index < -0.39 is 28.9 Å². The second-order valence-electron chi connectivity index (χ2n) is 15.1. The maximum atomic E-state index is 12.9. The van der Waals surface area contributed by atoms with E-state index in [9.17, 15) is 19.8 Å². The first-order chi connectivity index (χ1) is 21.6. The first kappa shape index (κ1) is 33.7. The van der Waals surface area contributed by atoms with Crippen LogP contribution in [0.25, 0.3) is 11.0 Å². The molecule has 1 fully saturated rings. The minimum absolute atomic E-state index is 0.139. The molecule has 1 aromatic carbocycles. The fraction of sp³-hybridized carbons (Fsp3) is 0.600. The van der Waals surface area contributed by atoms with Crippen molar-refractivity contribution in [3.05, 3.63) is 59.7 Å². The van der Waals surface area contributed by atoms with Crippen molar-refractivity contribution < 1.29 is 19.8 Å². The number of aromatic nitrogens is 3. The molecule has 0 saturated carbocycles. The van der Waals surface area contributed by atoms with Crippen molar-refractivity contribution in [1.29, 1.82) is 0 Å². The molecule has 46 heavy (non-hydrogen) atoms. The van der Waals surface area contributed by atoms with Crippen LogP contribution in [0.15, 0.2) is 42.6 Å². The third-order valence-corrected chi connectivity index (χ3v) is 9.75. The van der Waals surface area contributed by atoms with Crippen LogP contribution >= 0.6 is 0 Å². The molecule has 0 bridgehead atoms. The zero-order valence-electron chi connectivity index (χ0n) is 28.5. The van der Waals surface area contributed by atoms with Gasteiger partial charge in [-0.05, 0) is 89.6 Å². The number of pyridine rings is 1. The van der Waals surface area contributed by atoms with Crippen LogP contribution in [-0.4, -0.2) is 83.1 Å². The largest absolute Gasteiger partial charge is 0.465 e. The summed E-state index contributed by atoms with van der Waals surface area (Å²) in [6.45, 7) is 13.6. The fourth-order valence-corrected chi connectivity index (χ4v) is 7.90. The molecule has 11 heteroatoms. The van der Waals surface area contributed by atoms with E-state index >= 15 is 0 Å². The number of fused-ring (bicyclic) bond motifs is 2. The average molecular weight is 634 g/mol. The lowest BCUT2D eigenvalue weighted by atomic mass is 9.80. The van der Waals surface area contributed by atoms with Gasteiger partial charge in [0.25, 0.3) is 0 Å². The second kappa shape index (κ2) is 12.8. The summed E-state index contributed by atoms with van der Waals surface area (Å²) in [5.74, 6) is -0.375. The van der Waals surface area contributed by atoms with Crippen molar-refractivity contribution in [1.82, 2.24) is 34.6 Å². The maximum Gasteiger partial charge on any atom is 0.410 e. The number of imidazole rings is 1. The van der Waals surface area contributed by atoms with E-state index in [0.717, 1.165) is 54.7 Å². The number of hydrogen-bond acceptors (Lipinski definition) is 6. The number of amides is 2. The van der Waals surface area contributed by atoms with Crippen molar-refractivity contribution in [2.75, 3.05) is 20.1 Å². The van der Waals surface area contributed by atoms with Gasteiger partial charge in [-0.15, -0.1) is 0 Å². The Kier molecular flexibility index (Phi) is 9.39. The third-order valence-electron chi connectivity index (χ3n) is 9.75.